The highest BCUT2D eigenvalue weighted by Crippen LogP contribution is 2.38. The Morgan fingerprint density at radius 3 is 2.76 bits per heavy atom. The minimum Gasteiger partial charge on any atom is -0.390 e. The van der Waals surface area contributed by atoms with Gasteiger partial charge < -0.3 is 14.6 Å². The summed E-state index contributed by atoms with van der Waals surface area (Å²) in [5.74, 6) is -0.933. The molecule has 3 rings (SSSR count). The van der Waals surface area contributed by atoms with Gasteiger partial charge in [-0.15, -0.1) is 11.3 Å². The van der Waals surface area contributed by atoms with E-state index >= 15 is 0 Å². The molecule has 1 aliphatic rings. The number of ether oxygens (including phenoxy) is 2. The average Bonchev–Trinajstić information content (AvgIpc) is 2.94. The zero-order chi connectivity index (χ0) is 11.9. The van der Waals surface area contributed by atoms with E-state index in [1.54, 1.807) is 11.3 Å². The van der Waals surface area contributed by atoms with Crippen LogP contribution < -0.4 is 0 Å². The minimum atomic E-state index is -0.933. The zero-order valence-corrected chi connectivity index (χ0v) is 10.4. The Labute approximate surface area is 104 Å². The maximum Gasteiger partial charge on any atom is 0.228 e. The van der Waals surface area contributed by atoms with Crippen LogP contribution in [0, 0.1) is 6.92 Å². The molecule has 1 N–H and O–H groups in total. The van der Waals surface area contributed by atoms with Gasteiger partial charge in [0.1, 0.15) is 6.61 Å². The van der Waals surface area contributed by atoms with Crippen LogP contribution in [0.15, 0.2) is 24.3 Å². The van der Waals surface area contributed by atoms with Gasteiger partial charge in [-0.1, -0.05) is 17.7 Å². The average molecular weight is 250 g/mol. The fourth-order valence-corrected chi connectivity index (χ4v) is 3.25. The Kier molecular flexibility index (Phi) is 2.67. The second-order valence-electron chi connectivity index (χ2n) is 4.26. The van der Waals surface area contributed by atoms with Crippen molar-refractivity contribution < 1.29 is 14.6 Å². The van der Waals surface area contributed by atoms with Gasteiger partial charge in [-0.3, -0.25) is 0 Å². The summed E-state index contributed by atoms with van der Waals surface area (Å²) in [5, 5.41) is 10.7. The molecule has 2 heterocycles. The van der Waals surface area contributed by atoms with E-state index in [0.29, 0.717) is 13.2 Å². The summed E-state index contributed by atoms with van der Waals surface area (Å²) in [7, 11) is 0. The molecule has 0 radical (unpaired) electrons. The molecule has 1 aromatic carbocycles. The summed E-state index contributed by atoms with van der Waals surface area (Å²) >= 11 is 1.62. The van der Waals surface area contributed by atoms with Gasteiger partial charge in [0.25, 0.3) is 0 Å². The van der Waals surface area contributed by atoms with Gasteiger partial charge in [0.2, 0.25) is 5.79 Å². The number of thiophene rings is 1. The minimum absolute atomic E-state index is 0.140. The Balaban J connectivity index is 2.11. The molecule has 1 aliphatic heterocycles. The lowest BCUT2D eigenvalue weighted by molar-refractivity contribution is -0.188. The standard InChI is InChI=1S/C13H14O3S/c1-9-2-3-11-10(6-9)7-12(17-11)13(8-14)15-4-5-16-13/h2-3,6-7,14H,4-5,8H2,1H3. The summed E-state index contributed by atoms with van der Waals surface area (Å²) in [6.45, 7) is 3.00. The van der Waals surface area contributed by atoms with Crippen molar-refractivity contribution in [2.75, 3.05) is 19.8 Å². The van der Waals surface area contributed by atoms with Crippen LogP contribution in [-0.2, 0) is 15.3 Å². The SMILES string of the molecule is Cc1ccc2sc(C3(CO)OCCO3)cc2c1. The van der Waals surface area contributed by atoms with Gasteiger partial charge in [0.05, 0.1) is 18.1 Å². The molecular weight excluding hydrogens is 236 g/mol. The number of benzene rings is 1. The van der Waals surface area contributed by atoms with Crippen LogP contribution in [0.2, 0.25) is 0 Å². The number of aryl methyl sites for hydroxylation is 1. The van der Waals surface area contributed by atoms with Crippen molar-refractivity contribution in [3.8, 4) is 0 Å². The van der Waals surface area contributed by atoms with E-state index in [0.717, 1.165) is 4.88 Å². The van der Waals surface area contributed by atoms with Crippen LogP contribution in [0.3, 0.4) is 0 Å². The van der Waals surface area contributed by atoms with Crippen molar-refractivity contribution in [3.63, 3.8) is 0 Å². The molecule has 0 spiro atoms. The number of fused-ring (bicyclic) bond motifs is 1. The summed E-state index contributed by atoms with van der Waals surface area (Å²) in [4.78, 5) is 0.943. The lowest BCUT2D eigenvalue weighted by Gasteiger charge is -2.22. The first-order valence-corrected chi connectivity index (χ1v) is 6.45. The first kappa shape index (κ1) is 11.2. The van der Waals surface area contributed by atoms with Crippen LogP contribution in [-0.4, -0.2) is 24.9 Å². The van der Waals surface area contributed by atoms with E-state index in [2.05, 4.69) is 31.2 Å². The second-order valence-corrected chi connectivity index (χ2v) is 5.34. The van der Waals surface area contributed by atoms with Crippen LogP contribution in [0.5, 0.6) is 0 Å². The fraction of sp³-hybridized carbons (Fsp3) is 0.385. The monoisotopic (exact) mass is 250 g/mol. The molecular formula is C13H14O3S. The maximum absolute atomic E-state index is 9.51. The van der Waals surface area contributed by atoms with E-state index in [9.17, 15) is 5.11 Å². The zero-order valence-electron chi connectivity index (χ0n) is 9.60. The molecule has 4 heteroatoms. The predicted molar refractivity (Wildman–Crippen MR) is 67.2 cm³/mol. The van der Waals surface area contributed by atoms with Crippen LogP contribution in [0.25, 0.3) is 10.1 Å². The van der Waals surface area contributed by atoms with E-state index < -0.39 is 5.79 Å². The lowest BCUT2D eigenvalue weighted by Crippen LogP contribution is -2.30. The van der Waals surface area contributed by atoms with Gasteiger partial charge in [-0.2, -0.15) is 0 Å². The molecule has 0 amide bonds. The molecule has 0 aliphatic carbocycles. The topological polar surface area (TPSA) is 38.7 Å². The molecule has 1 fully saturated rings. The Morgan fingerprint density at radius 1 is 1.29 bits per heavy atom. The highest BCUT2D eigenvalue weighted by atomic mass is 32.1. The van der Waals surface area contributed by atoms with Crippen molar-refractivity contribution in [1.82, 2.24) is 0 Å². The van der Waals surface area contributed by atoms with Crippen molar-refractivity contribution in [3.05, 3.63) is 34.7 Å². The summed E-state index contributed by atoms with van der Waals surface area (Å²) in [5.41, 5.74) is 1.23. The molecule has 90 valence electrons. The molecule has 17 heavy (non-hydrogen) atoms. The van der Waals surface area contributed by atoms with Gasteiger partial charge in [-0.05, 0) is 24.4 Å². The van der Waals surface area contributed by atoms with Gasteiger partial charge in [0.15, 0.2) is 0 Å². The normalized spacial score (nSPS) is 18.9. The first-order valence-electron chi connectivity index (χ1n) is 5.63. The highest BCUT2D eigenvalue weighted by molar-refractivity contribution is 7.19. The van der Waals surface area contributed by atoms with Gasteiger partial charge in [0, 0.05) is 4.70 Å². The quantitative estimate of drug-likeness (QED) is 0.889. The Bertz CT molecular complexity index is 541. The molecule has 2 aromatic rings. The molecule has 3 nitrogen and oxygen atoms in total. The molecule has 1 aromatic heterocycles. The fourth-order valence-electron chi connectivity index (χ4n) is 2.12. The summed E-state index contributed by atoms with van der Waals surface area (Å²) in [6.07, 6.45) is 0. The van der Waals surface area contributed by atoms with Crippen molar-refractivity contribution >= 4 is 21.4 Å². The number of hydrogen-bond acceptors (Lipinski definition) is 4. The predicted octanol–water partition coefficient (Wildman–Crippen LogP) is 2.40. The summed E-state index contributed by atoms with van der Waals surface area (Å²) < 4.78 is 12.3. The third kappa shape index (κ3) is 1.77. The summed E-state index contributed by atoms with van der Waals surface area (Å²) in [6, 6.07) is 8.37. The molecule has 0 saturated carbocycles. The Hall–Kier alpha value is -0.940. The van der Waals surface area contributed by atoms with Crippen molar-refractivity contribution in [1.29, 1.82) is 0 Å². The van der Waals surface area contributed by atoms with E-state index in [1.165, 1.54) is 15.6 Å². The highest BCUT2D eigenvalue weighted by Gasteiger charge is 2.39. The largest absolute Gasteiger partial charge is 0.390 e. The lowest BCUT2D eigenvalue weighted by atomic mass is 10.1. The van der Waals surface area contributed by atoms with E-state index in [1.807, 2.05) is 0 Å². The van der Waals surface area contributed by atoms with Crippen LogP contribution in [0.1, 0.15) is 10.4 Å². The third-order valence-corrected chi connectivity index (χ3v) is 4.25. The molecule has 1 saturated heterocycles. The van der Waals surface area contributed by atoms with Gasteiger partial charge >= 0.3 is 0 Å². The van der Waals surface area contributed by atoms with E-state index in [-0.39, 0.29) is 6.61 Å². The smallest absolute Gasteiger partial charge is 0.228 e. The van der Waals surface area contributed by atoms with E-state index in [4.69, 9.17) is 9.47 Å². The van der Waals surface area contributed by atoms with Gasteiger partial charge in [-0.25, -0.2) is 0 Å². The molecule has 0 unspecified atom stereocenters. The van der Waals surface area contributed by atoms with Crippen molar-refractivity contribution in [2.45, 2.75) is 12.7 Å². The maximum atomic E-state index is 9.51. The Morgan fingerprint density at radius 2 is 2.06 bits per heavy atom. The second kappa shape index (κ2) is 4.07. The number of aliphatic hydroxyl groups excluding tert-OH is 1. The molecule has 0 bridgehead atoms. The number of rotatable bonds is 2. The van der Waals surface area contributed by atoms with Crippen molar-refractivity contribution in [2.24, 2.45) is 0 Å². The van der Waals surface area contributed by atoms with Crippen LogP contribution >= 0.6 is 11.3 Å². The number of aliphatic hydroxyl groups is 1. The third-order valence-electron chi connectivity index (χ3n) is 3.01. The first-order chi connectivity index (χ1) is 8.23. The van der Waals surface area contributed by atoms with Crippen LogP contribution in [0.4, 0.5) is 0 Å². The number of hydrogen-bond donors (Lipinski definition) is 1. The molecule has 0 atom stereocenters.